The molecular formula is C14H23BrN2O2S. The van der Waals surface area contributed by atoms with E-state index in [9.17, 15) is 4.55 Å². The lowest BCUT2D eigenvalue weighted by Crippen LogP contribution is -2.44. The Balaban J connectivity index is 3.02. The number of hydrogen-bond donors (Lipinski definition) is 0. The minimum absolute atomic E-state index is 0.0257. The fourth-order valence-corrected chi connectivity index (χ4v) is 3.69. The van der Waals surface area contributed by atoms with Crippen LogP contribution in [-0.4, -0.2) is 32.2 Å². The van der Waals surface area contributed by atoms with Crippen LogP contribution in [0.25, 0.3) is 0 Å². The molecule has 0 amide bonds. The standard InChI is InChI=1S/C14H23BrN2O2S/c1-7-17(20(18)14(3,4)5)10(2)11-8-9-12(19-6)13(15)16-11/h8-10H,7H2,1-6H3/t10?,20-/m1/s1. The molecule has 0 aliphatic rings. The Kier molecular flexibility index (Phi) is 6.31. The van der Waals surface area contributed by atoms with Crippen molar-refractivity contribution in [2.45, 2.75) is 45.4 Å². The highest BCUT2D eigenvalue weighted by molar-refractivity contribution is 9.10. The van der Waals surface area contributed by atoms with Gasteiger partial charge in [0.25, 0.3) is 0 Å². The third-order valence-corrected chi connectivity index (χ3v) is 5.58. The van der Waals surface area contributed by atoms with Crippen molar-refractivity contribution in [2.75, 3.05) is 13.7 Å². The fourth-order valence-electron chi connectivity index (χ4n) is 1.85. The highest BCUT2D eigenvalue weighted by Gasteiger charge is 2.36. The Morgan fingerprint density at radius 1 is 1.45 bits per heavy atom. The molecule has 0 radical (unpaired) electrons. The molecule has 0 spiro atoms. The summed E-state index contributed by atoms with van der Waals surface area (Å²) in [4.78, 5) is 4.49. The summed E-state index contributed by atoms with van der Waals surface area (Å²) in [7, 11) is 1.61. The number of nitrogens with zero attached hydrogens (tertiary/aromatic N) is 2. The molecule has 1 unspecified atom stereocenters. The maximum Gasteiger partial charge on any atom is 0.151 e. The summed E-state index contributed by atoms with van der Waals surface area (Å²) in [6.07, 6.45) is 0. The number of hydrogen-bond acceptors (Lipinski definition) is 4. The van der Waals surface area contributed by atoms with Crippen LogP contribution in [0.15, 0.2) is 16.7 Å². The van der Waals surface area contributed by atoms with Gasteiger partial charge < -0.3 is 9.29 Å². The van der Waals surface area contributed by atoms with Crippen molar-refractivity contribution < 1.29 is 9.29 Å². The lowest BCUT2D eigenvalue weighted by atomic mass is 10.2. The summed E-state index contributed by atoms with van der Waals surface area (Å²) >= 11 is 2.32. The summed E-state index contributed by atoms with van der Waals surface area (Å²) in [6.45, 7) is 10.7. The number of rotatable bonds is 5. The minimum atomic E-state index is -1.07. The van der Waals surface area contributed by atoms with Crippen molar-refractivity contribution in [1.82, 2.24) is 9.29 Å². The Hall–Kier alpha value is -0.300. The zero-order chi connectivity index (χ0) is 15.5. The smallest absolute Gasteiger partial charge is 0.151 e. The molecule has 0 N–H and O–H groups in total. The topological polar surface area (TPSA) is 48.4 Å². The van der Waals surface area contributed by atoms with Crippen LogP contribution >= 0.6 is 15.9 Å². The maximum atomic E-state index is 12.6. The monoisotopic (exact) mass is 362 g/mol. The molecule has 1 heterocycles. The predicted molar refractivity (Wildman–Crippen MR) is 87.2 cm³/mol. The first-order chi connectivity index (χ1) is 9.22. The highest BCUT2D eigenvalue weighted by atomic mass is 79.9. The van der Waals surface area contributed by atoms with Gasteiger partial charge in [0.05, 0.1) is 18.8 Å². The SMILES string of the molecule is CCN(C(C)c1ccc(OC)c(Br)n1)[S@+]([O-])C(C)(C)C. The second-order valence-electron chi connectivity index (χ2n) is 5.50. The Labute approximate surface area is 133 Å². The summed E-state index contributed by atoms with van der Waals surface area (Å²) in [5, 5.41) is 0. The predicted octanol–water partition coefficient (Wildman–Crippen LogP) is 3.70. The van der Waals surface area contributed by atoms with Gasteiger partial charge in [0.1, 0.15) is 9.35 Å². The van der Waals surface area contributed by atoms with Gasteiger partial charge in [-0.15, -0.1) is 4.31 Å². The molecule has 1 rings (SSSR count). The van der Waals surface area contributed by atoms with E-state index in [0.717, 1.165) is 5.69 Å². The van der Waals surface area contributed by atoms with Crippen LogP contribution in [0.3, 0.4) is 0 Å². The lowest BCUT2D eigenvalue weighted by Gasteiger charge is -2.35. The average Bonchev–Trinajstić information content (AvgIpc) is 2.38. The fraction of sp³-hybridized carbons (Fsp3) is 0.643. The van der Waals surface area contributed by atoms with Gasteiger partial charge in [-0.25, -0.2) is 4.98 Å². The molecule has 0 saturated heterocycles. The normalized spacial score (nSPS) is 15.2. The molecule has 114 valence electrons. The van der Waals surface area contributed by atoms with E-state index in [1.54, 1.807) is 7.11 Å². The average molecular weight is 363 g/mol. The molecule has 0 saturated carbocycles. The van der Waals surface area contributed by atoms with E-state index in [1.807, 2.05) is 51.1 Å². The molecular weight excluding hydrogens is 340 g/mol. The second kappa shape index (κ2) is 7.11. The van der Waals surface area contributed by atoms with Crippen LogP contribution in [0.2, 0.25) is 0 Å². The number of methoxy groups -OCH3 is 1. The van der Waals surface area contributed by atoms with E-state index in [1.165, 1.54) is 0 Å². The molecule has 0 aromatic carbocycles. The lowest BCUT2D eigenvalue weighted by molar-refractivity contribution is 0.338. The van der Waals surface area contributed by atoms with Crippen LogP contribution in [0.5, 0.6) is 5.75 Å². The molecule has 0 fully saturated rings. The summed E-state index contributed by atoms with van der Waals surface area (Å²) < 4.78 is 20.1. The second-order valence-corrected chi connectivity index (χ2v) is 8.44. The van der Waals surface area contributed by atoms with Crippen LogP contribution in [0.1, 0.15) is 46.4 Å². The summed E-state index contributed by atoms with van der Waals surface area (Å²) in [6, 6.07) is 3.76. The molecule has 20 heavy (non-hydrogen) atoms. The zero-order valence-electron chi connectivity index (χ0n) is 12.9. The van der Waals surface area contributed by atoms with E-state index < -0.39 is 11.4 Å². The van der Waals surface area contributed by atoms with E-state index >= 15 is 0 Å². The maximum absolute atomic E-state index is 12.6. The molecule has 1 aromatic heterocycles. The van der Waals surface area contributed by atoms with Gasteiger partial charge in [0.15, 0.2) is 5.75 Å². The van der Waals surface area contributed by atoms with Gasteiger partial charge in [-0.05, 0) is 62.7 Å². The number of pyridine rings is 1. The first kappa shape index (κ1) is 17.8. The van der Waals surface area contributed by atoms with E-state index in [4.69, 9.17) is 4.74 Å². The third-order valence-electron chi connectivity index (χ3n) is 2.96. The van der Waals surface area contributed by atoms with Gasteiger partial charge >= 0.3 is 0 Å². The quantitative estimate of drug-likeness (QED) is 0.591. The first-order valence-corrected chi connectivity index (χ1v) is 8.51. The van der Waals surface area contributed by atoms with Crippen molar-refractivity contribution in [3.8, 4) is 5.75 Å². The van der Waals surface area contributed by atoms with Crippen molar-refractivity contribution >= 4 is 27.3 Å². The Morgan fingerprint density at radius 3 is 2.45 bits per heavy atom. The Bertz CT molecular complexity index is 451. The van der Waals surface area contributed by atoms with Gasteiger partial charge in [0.2, 0.25) is 0 Å². The number of aromatic nitrogens is 1. The van der Waals surface area contributed by atoms with E-state index in [2.05, 4.69) is 20.9 Å². The van der Waals surface area contributed by atoms with Crippen molar-refractivity contribution in [3.05, 3.63) is 22.4 Å². The highest BCUT2D eigenvalue weighted by Crippen LogP contribution is 2.31. The van der Waals surface area contributed by atoms with Gasteiger partial charge in [-0.2, -0.15) is 0 Å². The largest absolute Gasteiger partial charge is 0.597 e. The molecule has 0 aliphatic heterocycles. The van der Waals surface area contributed by atoms with Crippen molar-refractivity contribution in [1.29, 1.82) is 0 Å². The molecule has 4 nitrogen and oxygen atoms in total. The minimum Gasteiger partial charge on any atom is -0.597 e. The third kappa shape index (κ3) is 4.10. The van der Waals surface area contributed by atoms with Crippen molar-refractivity contribution in [2.24, 2.45) is 0 Å². The van der Waals surface area contributed by atoms with Crippen LogP contribution in [-0.2, 0) is 11.4 Å². The van der Waals surface area contributed by atoms with Gasteiger partial charge in [0, 0.05) is 17.9 Å². The number of ether oxygens (including phenoxy) is 1. The molecule has 2 atom stereocenters. The van der Waals surface area contributed by atoms with Gasteiger partial charge in [-0.3, -0.25) is 0 Å². The summed E-state index contributed by atoms with van der Waals surface area (Å²) in [5.74, 6) is 0.695. The van der Waals surface area contributed by atoms with Crippen LogP contribution in [0, 0.1) is 0 Å². The van der Waals surface area contributed by atoms with Crippen LogP contribution in [0.4, 0.5) is 0 Å². The van der Waals surface area contributed by atoms with Crippen molar-refractivity contribution in [3.63, 3.8) is 0 Å². The van der Waals surface area contributed by atoms with Crippen LogP contribution < -0.4 is 4.74 Å². The molecule has 0 aliphatic carbocycles. The molecule has 1 aromatic rings. The zero-order valence-corrected chi connectivity index (χ0v) is 15.3. The van der Waals surface area contributed by atoms with E-state index in [-0.39, 0.29) is 10.8 Å². The number of halogens is 1. The van der Waals surface area contributed by atoms with Gasteiger partial charge in [-0.1, -0.05) is 0 Å². The Morgan fingerprint density at radius 2 is 2.05 bits per heavy atom. The molecule has 0 bridgehead atoms. The summed E-state index contributed by atoms with van der Waals surface area (Å²) in [5.41, 5.74) is 0.872. The first-order valence-electron chi connectivity index (χ1n) is 6.61. The molecule has 6 heteroatoms. The van der Waals surface area contributed by atoms with E-state index in [0.29, 0.717) is 16.9 Å².